The van der Waals surface area contributed by atoms with Gasteiger partial charge in [0.05, 0.1) is 19.3 Å². The molecule has 0 saturated carbocycles. The Hall–Kier alpha value is 0.0600. The smallest absolute Gasteiger partial charge is 0.0607 e. The first kappa shape index (κ1) is 12.1. The quantitative estimate of drug-likeness (QED) is 0.766. The van der Waals surface area contributed by atoms with Crippen LogP contribution in [0.4, 0.5) is 0 Å². The zero-order chi connectivity index (χ0) is 10.6. The Labute approximate surface area is 95.9 Å². The summed E-state index contributed by atoms with van der Waals surface area (Å²) in [6, 6.07) is 1.87. The number of halogens is 1. The number of aliphatic hydroxyl groups excluding tert-OH is 2. The molecule has 14 heavy (non-hydrogen) atoms. The van der Waals surface area contributed by atoms with Crippen LogP contribution in [0.25, 0.3) is 0 Å². The summed E-state index contributed by atoms with van der Waals surface area (Å²) in [5.41, 5.74) is 0. The van der Waals surface area contributed by atoms with Gasteiger partial charge in [0.1, 0.15) is 0 Å². The average molecular weight is 280 g/mol. The van der Waals surface area contributed by atoms with Gasteiger partial charge < -0.3 is 15.5 Å². The van der Waals surface area contributed by atoms with Crippen molar-refractivity contribution in [1.82, 2.24) is 5.32 Å². The minimum absolute atomic E-state index is 0.0518. The normalized spacial score (nSPS) is 13.5. The summed E-state index contributed by atoms with van der Waals surface area (Å²) in [4.78, 5) is 1.18. The highest BCUT2D eigenvalue weighted by Gasteiger charge is 2.14. The lowest BCUT2D eigenvalue weighted by atomic mass is 10.2. The van der Waals surface area contributed by atoms with Gasteiger partial charge >= 0.3 is 0 Å². The third kappa shape index (κ3) is 3.03. The number of hydrogen-bond acceptors (Lipinski definition) is 4. The number of rotatable bonds is 5. The molecule has 0 fully saturated rings. The lowest BCUT2D eigenvalue weighted by Crippen LogP contribution is -2.37. The zero-order valence-corrected chi connectivity index (χ0v) is 10.3. The van der Waals surface area contributed by atoms with Gasteiger partial charge in [-0.2, -0.15) is 0 Å². The molecule has 1 heterocycles. The minimum atomic E-state index is -0.251. The van der Waals surface area contributed by atoms with Crippen LogP contribution in [-0.4, -0.2) is 29.5 Å². The summed E-state index contributed by atoms with van der Waals surface area (Å²) >= 11 is 5.09. The number of nitrogens with one attached hydrogen (secondary N) is 1. The van der Waals surface area contributed by atoms with Crippen molar-refractivity contribution in [3.63, 3.8) is 0 Å². The van der Waals surface area contributed by atoms with E-state index in [1.807, 2.05) is 18.4 Å². The van der Waals surface area contributed by atoms with Gasteiger partial charge in [0.2, 0.25) is 0 Å². The van der Waals surface area contributed by atoms with Gasteiger partial charge in [-0.25, -0.2) is 0 Å². The van der Waals surface area contributed by atoms with Crippen LogP contribution >= 0.6 is 27.3 Å². The van der Waals surface area contributed by atoms with Crippen LogP contribution in [0.5, 0.6) is 0 Å². The highest BCUT2D eigenvalue weighted by atomic mass is 79.9. The molecule has 1 aromatic rings. The molecule has 0 amide bonds. The van der Waals surface area contributed by atoms with E-state index in [4.69, 9.17) is 10.2 Å². The summed E-state index contributed by atoms with van der Waals surface area (Å²) in [5, 5.41) is 23.0. The van der Waals surface area contributed by atoms with Crippen LogP contribution in [0.1, 0.15) is 17.8 Å². The molecule has 0 aromatic carbocycles. The molecule has 0 aliphatic carbocycles. The van der Waals surface area contributed by atoms with E-state index in [1.165, 1.54) is 4.88 Å². The first-order valence-electron chi connectivity index (χ1n) is 4.39. The van der Waals surface area contributed by atoms with Crippen molar-refractivity contribution in [3.05, 3.63) is 20.8 Å². The van der Waals surface area contributed by atoms with Crippen molar-refractivity contribution in [2.45, 2.75) is 19.0 Å². The van der Waals surface area contributed by atoms with Gasteiger partial charge in [-0.05, 0) is 34.3 Å². The van der Waals surface area contributed by atoms with Crippen molar-refractivity contribution in [2.24, 2.45) is 0 Å². The monoisotopic (exact) mass is 279 g/mol. The summed E-state index contributed by atoms with van der Waals surface area (Å²) in [6.07, 6.45) is 0. The molecule has 0 bridgehead atoms. The van der Waals surface area contributed by atoms with Gasteiger partial charge in [-0.1, -0.05) is 0 Å². The minimum Gasteiger partial charge on any atom is -0.395 e. The van der Waals surface area contributed by atoms with E-state index in [-0.39, 0.29) is 25.3 Å². The highest BCUT2D eigenvalue weighted by Crippen LogP contribution is 2.28. The molecule has 3 nitrogen and oxygen atoms in total. The Morgan fingerprint density at radius 3 is 2.57 bits per heavy atom. The maximum absolute atomic E-state index is 8.91. The fourth-order valence-corrected chi connectivity index (χ4v) is 2.94. The number of aliphatic hydroxyl groups is 2. The Kier molecular flexibility index (Phi) is 5.05. The van der Waals surface area contributed by atoms with Crippen LogP contribution in [0, 0.1) is 0 Å². The van der Waals surface area contributed by atoms with Crippen molar-refractivity contribution in [3.8, 4) is 0 Å². The maximum atomic E-state index is 8.91. The molecule has 1 unspecified atom stereocenters. The molecule has 1 rings (SSSR count). The van der Waals surface area contributed by atoms with E-state index in [2.05, 4.69) is 21.2 Å². The molecular weight excluding hydrogens is 266 g/mol. The van der Waals surface area contributed by atoms with Crippen LogP contribution in [-0.2, 0) is 0 Å². The van der Waals surface area contributed by atoms with E-state index < -0.39 is 0 Å². The second kappa shape index (κ2) is 5.82. The molecule has 0 spiro atoms. The predicted octanol–water partition coefficient (Wildman–Crippen LogP) is 1.51. The summed E-state index contributed by atoms with van der Waals surface area (Å²) in [6.45, 7) is 1.91. The van der Waals surface area contributed by atoms with Gasteiger partial charge in [-0.15, -0.1) is 11.3 Å². The zero-order valence-electron chi connectivity index (χ0n) is 7.90. The van der Waals surface area contributed by atoms with Crippen molar-refractivity contribution < 1.29 is 10.2 Å². The second-order valence-corrected chi connectivity index (χ2v) is 4.89. The fraction of sp³-hybridized carbons (Fsp3) is 0.556. The maximum Gasteiger partial charge on any atom is 0.0607 e. The summed E-state index contributed by atoms with van der Waals surface area (Å²) in [7, 11) is 0. The van der Waals surface area contributed by atoms with Gasteiger partial charge in [0.15, 0.2) is 0 Å². The number of thiophene rings is 1. The van der Waals surface area contributed by atoms with Crippen molar-refractivity contribution in [1.29, 1.82) is 0 Å². The summed E-state index contributed by atoms with van der Waals surface area (Å²) < 4.78 is 1.07. The van der Waals surface area contributed by atoms with E-state index in [1.54, 1.807) is 11.3 Å². The molecule has 80 valence electrons. The predicted molar refractivity (Wildman–Crippen MR) is 61.5 cm³/mol. The Morgan fingerprint density at radius 2 is 2.14 bits per heavy atom. The molecule has 0 radical (unpaired) electrons. The Morgan fingerprint density at radius 1 is 1.50 bits per heavy atom. The van der Waals surface area contributed by atoms with Crippen molar-refractivity contribution in [2.75, 3.05) is 13.2 Å². The topological polar surface area (TPSA) is 52.5 Å². The van der Waals surface area contributed by atoms with Gasteiger partial charge in [0.25, 0.3) is 0 Å². The van der Waals surface area contributed by atoms with Crippen LogP contribution < -0.4 is 5.32 Å². The van der Waals surface area contributed by atoms with Crippen molar-refractivity contribution >= 4 is 27.3 Å². The molecule has 0 aliphatic heterocycles. The van der Waals surface area contributed by atoms with Crippen LogP contribution in [0.2, 0.25) is 0 Å². The first-order valence-corrected chi connectivity index (χ1v) is 6.07. The lowest BCUT2D eigenvalue weighted by Gasteiger charge is -2.19. The largest absolute Gasteiger partial charge is 0.395 e. The van der Waals surface area contributed by atoms with Crippen LogP contribution in [0.15, 0.2) is 15.9 Å². The fourth-order valence-electron chi connectivity index (χ4n) is 1.21. The van der Waals surface area contributed by atoms with E-state index in [9.17, 15) is 0 Å². The van der Waals surface area contributed by atoms with Crippen LogP contribution in [0.3, 0.4) is 0 Å². The van der Waals surface area contributed by atoms with E-state index >= 15 is 0 Å². The average Bonchev–Trinajstić information content (AvgIpc) is 2.60. The SMILES string of the molecule is CC(NC(CO)CO)c1sccc1Br. The second-order valence-electron chi connectivity index (χ2n) is 3.08. The molecule has 1 aromatic heterocycles. The standard InChI is InChI=1S/C9H14BrNO2S/c1-6(11-7(4-12)5-13)9-8(10)2-3-14-9/h2-3,6-7,11-13H,4-5H2,1H3. The number of hydrogen-bond donors (Lipinski definition) is 3. The van der Waals surface area contributed by atoms with Gasteiger partial charge in [0, 0.05) is 15.4 Å². The molecule has 3 N–H and O–H groups in total. The van der Waals surface area contributed by atoms with E-state index in [0.29, 0.717) is 0 Å². The molecule has 5 heteroatoms. The molecule has 1 atom stereocenters. The Bertz CT molecular complexity index is 276. The third-order valence-corrected chi connectivity index (χ3v) is 4.02. The molecule has 0 saturated heterocycles. The summed E-state index contributed by atoms with van der Waals surface area (Å²) in [5.74, 6) is 0. The highest BCUT2D eigenvalue weighted by molar-refractivity contribution is 9.10. The Balaban J connectivity index is 2.58. The van der Waals surface area contributed by atoms with Gasteiger partial charge in [-0.3, -0.25) is 0 Å². The molecular formula is C9H14BrNO2S. The lowest BCUT2D eigenvalue weighted by molar-refractivity contribution is 0.164. The molecule has 0 aliphatic rings. The first-order chi connectivity index (χ1) is 6.69. The van der Waals surface area contributed by atoms with E-state index in [0.717, 1.165) is 4.47 Å². The third-order valence-electron chi connectivity index (χ3n) is 1.96.